The summed E-state index contributed by atoms with van der Waals surface area (Å²) >= 11 is 5.09. The molecule has 0 aromatic heterocycles. The molecule has 2 fully saturated rings. The van der Waals surface area contributed by atoms with Crippen LogP contribution in [0.3, 0.4) is 0 Å². The van der Waals surface area contributed by atoms with Gasteiger partial charge in [-0.15, -0.1) is 0 Å². The molecule has 3 unspecified atom stereocenters. The van der Waals surface area contributed by atoms with Crippen molar-refractivity contribution in [2.45, 2.75) is 53.0 Å². The van der Waals surface area contributed by atoms with Crippen LogP contribution in [0.1, 0.15) is 51.2 Å². The van der Waals surface area contributed by atoms with Crippen LogP contribution in [0, 0.1) is 23.7 Å². The minimum absolute atomic E-state index is 0.364. The van der Waals surface area contributed by atoms with Crippen molar-refractivity contribution < 1.29 is 0 Å². The first-order chi connectivity index (χ1) is 9.74. The first-order valence-electron chi connectivity index (χ1n) is 7.91. The summed E-state index contributed by atoms with van der Waals surface area (Å²) in [6, 6.07) is 6.88. The molecule has 0 radical (unpaired) electrons. The minimum Gasteiger partial charge on any atom is -0.389 e. The summed E-state index contributed by atoms with van der Waals surface area (Å²) in [6.45, 7) is 9.38. The highest BCUT2D eigenvalue weighted by Crippen LogP contribution is 2.63. The van der Waals surface area contributed by atoms with Crippen molar-refractivity contribution in [2.24, 2.45) is 22.5 Å². The highest BCUT2D eigenvalue weighted by Gasteiger charge is 2.59. The molecule has 1 aromatic rings. The van der Waals surface area contributed by atoms with Crippen LogP contribution in [0.15, 0.2) is 18.2 Å². The number of fused-ring (bicyclic) bond motifs is 2. The molecule has 2 bridgehead atoms. The van der Waals surface area contributed by atoms with Crippen molar-refractivity contribution in [3.8, 4) is 0 Å². The Kier molecular flexibility index (Phi) is 3.32. The number of anilines is 1. The third-order valence-electron chi connectivity index (χ3n) is 6.07. The van der Waals surface area contributed by atoms with Gasteiger partial charge in [0.1, 0.15) is 4.99 Å². The van der Waals surface area contributed by atoms with E-state index in [0.29, 0.717) is 21.9 Å². The lowest BCUT2D eigenvalue weighted by atomic mass is 9.68. The molecule has 0 heterocycles. The molecular weight excluding hydrogens is 276 g/mol. The minimum atomic E-state index is 0.364. The summed E-state index contributed by atoms with van der Waals surface area (Å²) in [6.07, 6.45) is 4.10. The molecule has 21 heavy (non-hydrogen) atoms. The third-order valence-corrected chi connectivity index (χ3v) is 6.29. The molecule has 0 saturated heterocycles. The Bertz CT molecular complexity index is 588. The smallest absolute Gasteiger partial charge is 0.104 e. The summed E-state index contributed by atoms with van der Waals surface area (Å²) in [7, 11) is 0. The van der Waals surface area contributed by atoms with Crippen LogP contribution < -0.4 is 11.1 Å². The third kappa shape index (κ3) is 2.26. The SMILES string of the molecule is Cc1cc(NC2C3(C)CCC(C3)C2(C)C)ccc1C(N)=S. The number of thiocarbonyl (C=S) groups is 1. The van der Waals surface area contributed by atoms with E-state index in [1.165, 1.54) is 24.9 Å². The Labute approximate surface area is 133 Å². The van der Waals surface area contributed by atoms with E-state index in [-0.39, 0.29) is 0 Å². The number of hydrogen-bond acceptors (Lipinski definition) is 2. The quantitative estimate of drug-likeness (QED) is 0.820. The lowest BCUT2D eigenvalue weighted by Gasteiger charge is -2.43. The van der Waals surface area contributed by atoms with Crippen LogP contribution >= 0.6 is 12.2 Å². The molecule has 2 aliphatic carbocycles. The maximum absolute atomic E-state index is 5.75. The van der Waals surface area contributed by atoms with Crippen molar-refractivity contribution in [1.29, 1.82) is 0 Å². The van der Waals surface area contributed by atoms with E-state index >= 15 is 0 Å². The van der Waals surface area contributed by atoms with E-state index in [0.717, 1.165) is 17.0 Å². The molecule has 0 aliphatic heterocycles. The number of benzene rings is 1. The number of hydrogen-bond donors (Lipinski definition) is 2. The highest BCUT2D eigenvalue weighted by molar-refractivity contribution is 7.80. The number of aryl methyl sites for hydroxylation is 1. The van der Waals surface area contributed by atoms with Crippen molar-refractivity contribution in [3.63, 3.8) is 0 Å². The van der Waals surface area contributed by atoms with Crippen LogP contribution in [0.4, 0.5) is 5.69 Å². The maximum atomic E-state index is 5.75. The lowest BCUT2D eigenvalue weighted by molar-refractivity contribution is 0.155. The molecule has 3 atom stereocenters. The Morgan fingerprint density at radius 1 is 1.33 bits per heavy atom. The van der Waals surface area contributed by atoms with Crippen LogP contribution in [0.5, 0.6) is 0 Å². The number of rotatable bonds is 3. The Morgan fingerprint density at radius 2 is 2.05 bits per heavy atom. The maximum Gasteiger partial charge on any atom is 0.104 e. The summed E-state index contributed by atoms with van der Waals surface area (Å²) in [4.78, 5) is 0.478. The van der Waals surface area contributed by atoms with Gasteiger partial charge in [-0.2, -0.15) is 0 Å². The van der Waals surface area contributed by atoms with Crippen molar-refractivity contribution in [3.05, 3.63) is 29.3 Å². The molecule has 3 heteroatoms. The van der Waals surface area contributed by atoms with Gasteiger partial charge in [-0.1, -0.05) is 33.0 Å². The second-order valence-corrected chi connectivity index (χ2v) is 8.33. The molecule has 0 spiro atoms. The fraction of sp³-hybridized carbons (Fsp3) is 0.611. The zero-order valence-electron chi connectivity index (χ0n) is 13.5. The van der Waals surface area contributed by atoms with Crippen molar-refractivity contribution >= 4 is 22.9 Å². The van der Waals surface area contributed by atoms with E-state index < -0.39 is 0 Å². The molecule has 1 aromatic carbocycles. The average molecular weight is 302 g/mol. The number of nitrogens with two attached hydrogens (primary N) is 1. The van der Waals surface area contributed by atoms with E-state index in [9.17, 15) is 0 Å². The summed E-state index contributed by atoms with van der Waals surface area (Å²) in [5.74, 6) is 0.858. The molecule has 3 rings (SSSR count). The second kappa shape index (κ2) is 4.70. The fourth-order valence-corrected chi connectivity index (χ4v) is 5.09. The van der Waals surface area contributed by atoms with E-state index in [2.05, 4.69) is 45.1 Å². The fourth-order valence-electron chi connectivity index (χ4n) is 4.86. The Morgan fingerprint density at radius 3 is 2.57 bits per heavy atom. The normalized spacial score (nSPS) is 33.1. The highest BCUT2D eigenvalue weighted by atomic mass is 32.1. The van der Waals surface area contributed by atoms with Crippen LogP contribution in [0.2, 0.25) is 0 Å². The van der Waals surface area contributed by atoms with Gasteiger partial charge < -0.3 is 11.1 Å². The molecule has 114 valence electrons. The van der Waals surface area contributed by atoms with Gasteiger partial charge in [0.25, 0.3) is 0 Å². The van der Waals surface area contributed by atoms with Gasteiger partial charge >= 0.3 is 0 Å². The lowest BCUT2D eigenvalue weighted by Crippen LogP contribution is -2.45. The average Bonchev–Trinajstić information content (AvgIpc) is 2.85. The standard InChI is InChI=1S/C18H26N2S/c1-11-9-13(5-6-14(11)15(19)21)20-16-17(2,3)12-7-8-18(16,4)10-12/h5-6,9,12,16,20H,7-8,10H2,1-4H3,(H2,19,21). The predicted octanol–water partition coefficient (Wildman–Crippen LogP) is 4.26. The van der Waals surface area contributed by atoms with Crippen molar-refractivity contribution in [1.82, 2.24) is 0 Å². The second-order valence-electron chi connectivity index (χ2n) is 7.89. The molecule has 2 nitrogen and oxygen atoms in total. The van der Waals surface area contributed by atoms with Crippen molar-refractivity contribution in [2.75, 3.05) is 5.32 Å². The first kappa shape index (κ1) is 14.8. The van der Waals surface area contributed by atoms with Gasteiger partial charge in [0, 0.05) is 17.3 Å². The van der Waals surface area contributed by atoms with E-state index in [4.69, 9.17) is 18.0 Å². The van der Waals surface area contributed by atoms with Gasteiger partial charge in [-0.05, 0) is 66.7 Å². The van der Waals surface area contributed by atoms with Gasteiger partial charge in [-0.25, -0.2) is 0 Å². The summed E-state index contributed by atoms with van der Waals surface area (Å²) in [5.41, 5.74) is 9.88. The van der Waals surface area contributed by atoms with Gasteiger partial charge in [0.2, 0.25) is 0 Å². The zero-order chi connectivity index (χ0) is 15.4. The van der Waals surface area contributed by atoms with Gasteiger partial charge in [-0.3, -0.25) is 0 Å². The topological polar surface area (TPSA) is 38.0 Å². The first-order valence-corrected chi connectivity index (χ1v) is 8.32. The van der Waals surface area contributed by atoms with Crippen LogP contribution in [0.25, 0.3) is 0 Å². The van der Waals surface area contributed by atoms with E-state index in [1.807, 2.05) is 6.07 Å². The monoisotopic (exact) mass is 302 g/mol. The van der Waals surface area contributed by atoms with Gasteiger partial charge in [0.15, 0.2) is 0 Å². The Balaban J connectivity index is 1.87. The summed E-state index contributed by atoms with van der Waals surface area (Å²) in [5, 5.41) is 3.83. The predicted molar refractivity (Wildman–Crippen MR) is 93.7 cm³/mol. The largest absolute Gasteiger partial charge is 0.389 e. The molecular formula is C18H26N2S. The van der Waals surface area contributed by atoms with Crippen LogP contribution in [-0.2, 0) is 0 Å². The molecule has 2 aliphatic rings. The van der Waals surface area contributed by atoms with Crippen LogP contribution in [-0.4, -0.2) is 11.0 Å². The number of nitrogens with one attached hydrogen (secondary N) is 1. The molecule has 3 N–H and O–H groups in total. The van der Waals surface area contributed by atoms with E-state index in [1.54, 1.807) is 0 Å². The van der Waals surface area contributed by atoms with Gasteiger partial charge in [0.05, 0.1) is 0 Å². The molecule has 0 amide bonds. The Hall–Kier alpha value is -1.09. The summed E-state index contributed by atoms with van der Waals surface area (Å²) < 4.78 is 0. The molecule has 2 saturated carbocycles. The zero-order valence-corrected chi connectivity index (χ0v) is 14.3.